The molecular formula is C27H19F3N2O3S. The van der Waals surface area contributed by atoms with Crippen molar-refractivity contribution in [1.29, 1.82) is 0 Å². The summed E-state index contributed by atoms with van der Waals surface area (Å²) in [7, 11) is 0. The molecule has 1 unspecified atom stereocenters. The van der Waals surface area contributed by atoms with Crippen LogP contribution in [0.2, 0.25) is 0 Å². The van der Waals surface area contributed by atoms with Crippen molar-refractivity contribution in [2.75, 3.05) is 5.32 Å². The molecule has 0 aliphatic rings. The quantitative estimate of drug-likeness (QED) is 0.328. The fourth-order valence-electron chi connectivity index (χ4n) is 3.02. The molecule has 1 aromatic heterocycles. The van der Waals surface area contributed by atoms with Crippen LogP contribution in [0, 0.1) is 47.1 Å². The number of carboxylic acids is 1. The van der Waals surface area contributed by atoms with Gasteiger partial charge in [-0.25, -0.2) is 22.9 Å². The van der Waals surface area contributed by atoms with Gasteiger partial charge in [-0.1, -0.05) is 23.8 Å². The van der Waals surface area contributed by atoms with E-state index in [9.17, 15) is 18.4 Å². The fraction of sp³-hybridized carbons (Fsp3) is 0.148. The molecule has 3 rings (SSSR count). The van der Waals surface area contributed by atoms with E-state index in [4.69, 9.17) is 5.11 Å². The second kappa shape index (κ2) is 11.4. The first-order valence-electron chi connectivity index (χ1n) is 10.5. The van der Waals surface area contributed by atoms with E-state index in [1.165, 1.54) is 24.4 Å². The van der Waals surface area contributed by atoms with E-state index in [0.29, 0.717) is 0 Å². The zero-order valence-corrected chi connectivity index (χ0v) is 20.2. The van der Waals surface area contributed by atoms with Crippen LogP contribution in [0.4, 0.5) is 18.3 Å². The van der Waals surface area contributed by atoms with Gasteiger partial charge in [0.05, 0.1) is 17.2 Å². The minimum atomic E-state index is -1.33. The number of nitrogens with one attached hydrogen (secondary N) is 1. The Morgan fingerprint density at radius 2 is 1.86 bits per heavy atom. The van der Waals surface area contributed by atoms with Gasteiger partial charge in [0.2, 0.25) is 0 Å². The lowest BCUT2D eigenvalue weighted by Gasteiger charge is -2.06. The first kappa shape index (κ1) is 26.3. The molecule has 0 radical (unpaired) electrons. The standard InChI is InChI=1S/C27H19F3N2O3S/c1-4-6-15(2)9-10-17-7-5-8-19(24(17)30)23-14-36-27(31-23)32-25(33)18-12-21(28)20(22(29)13-18)11-16(3)26(34)35/h5,7-8,11-15H,1-3H3,(H,34,35)(H,31,32,33)/b16-11+. The number of amides is 1. The van der Waals surface area contributed by atoms with Crippen molar-refractivity contribution >= 4 is 34.4 Å². The Morgan fingerprint density at radius 3 is 2.50 bits per heavy atom. The van der Waals surface area contributed by atoms with Crippen molar-refractivity contribution in [3.8, 4) is 34.9 Å². The van der Waals surface area contributed by atoms with Crippen molar-refractivity contribution < 1.29 is 27.9 Å². The molecule has 2 aromatic carbocycles. The average molecular weight is 509 g/mol. The SMILES string of the molecule is CC#CC(C)C#Cc1cccc(-c2csc(NC(=O)c3cc(F)c(/C=C(\C)C(=O)O)c(F)c3)n2)c1F. The number of hydrogen-bond donors (Lipinski definition) is 2. The zero-order valence-electron chi connectivity index (χ0n) is 19.4. The van der Waals surface area contributed by atoms with E-state index in [0.717, 1.165) is 29.5 Å². The highest BCUT2D eigenvalue weighted by molar-refractivity contribution is 7.14. The van der Waals surface area contributed by atoms with Crippen LogP contribution in [0.1, 0.15) is 42.3 Å². The van der Waals surface area contributed by atoms with Gasteiger partial charge in [0.25, 0.3) is 5.91 Å². The van der Waals surface area contributed by atoms with Crippen LogP contribution in [-0.2, 0) is 4.79 Å². The number of aliphatic carboxylic acids is 1. The van der Waals surface area contributed by atoms with Crippen LogP contribution in [0.25, 0.3) is 17.3 Å². The molecule has 2 N–H and O–H groups in total. The first-order valence-corrected chi connectivity index (χ1v) is 11.4. The number of halogens is 3. The molecule has 1 amide bonds. The van der Waals surface area contributed by atoms with E-state index in [-0.39, 0.29) is 39.0 Å². The maximum absolute atomic E-state index is 15.0. The van der Waals surface area contributed by atoms with E-state index < -0.39 is 34.9 Å². The number of aromatic nitrogens is 1. The molecule has 9 heteroatoms. The number of carboxylic acid groups (broad SMARTS) is 1. The van der Waals surface area contributed by atoms with Gasteiger partial charge in [0.1, 0.15) is 17.5 Å². The van der Waals surface area contributed by atoms with Crippen LogP contribution in [0.5, 0.6) is 0 Å². The van der Waals surface area contributed by atoms with Crippen LogP contribution in [-0.4, -0.2) is 22.0 Å². The van der Waals surface area contributed by atoms with Crippen molar-refractivity contribution in [3.05, 3.63) is 75.4 Å². The topological polar surface area (TPSA) is 79.3 Å². The molecule has 0 aliphatic carbocycles. The predicted molar refractivity (Wildman–Crippen MR) is 133 cm³/mol. The number of carbonyl (C=O) groups excluding carboxylic acids is 1. The molecule has 1 heterocycles. The number of benzene rings is 2. The highest BCUT2D eigenvalue weighted by Crippen LogP contribution is 2.29. The number of rotatable bonds is 5. The van der Waals surface area contributed by atoms with E-state index >= 15 is 4.39 Å². The summed E-state index contributed by atoms with van der Waals surface area (Å²) in [6.07, 6.45) is 0.840. The third-order valence-electron chi connectivity index (χ3n) is 4.82. The van der Waals surface area contributed by atoms with Gasteiger partial charge in [-0.3, -0.25) is 10.1 Å². The average Bonchev–Trinajstić information content (AvgIpc) is 3.28. The van der Waals surface area contributed by atoms with Crippen molar-refractivity contribution in [2.45, 2.75) is 20.8 Å². The Balaban J connectivity index is 1.82. The van der Waals surface area contributed by atoms with Crippen LogP contribution in [0.3, 0.4) is 0 Å². The molecule has 182 valence electrons. The monoisotopic (exact) mass is 508 g/mol. The summed E-state index contributed by atoms with van der Waals surface area (Å²) < 4.78 is 43.7. The first-order chi connectivity index (χ1) is 17.1. The van der Waals surface area contributed by atoms with E-state index in [2.05, 4.69) is 34.0 Å². The summed E-state index contributed by atoms with van der Waals surface area (Å²) in [5.74, 6) is 6.09. The number of hydrogen-bond acceptors (Lipinski definition) is 4. The zero-order chi connectivity index (χ0) is 26.4. The molecular weight excluding hydrogens is 489 g/mol. The summed E-state index contributed by atoms with van der Waals surface area (Å²) in [5.41, 5.74) is -0.576. The normalized spacial score (nSPS) is 11.6. The maximum Gasteiger partial charge on any atom is 0.331 e. The minimum Gasteiger partial charge on any atom is -0.478 e. The lowest BCUT2D eigenvalue weighted by atomic mass is 10.1. The highest BCUT2D eigenvalue weighted by Gasteiger charge is 2.18. The van der Waals surface area contributed by atoms with Gasteiger partial charge < -0.3 is 5.11 Å². The third kappa shape index (κ3) is 6.21. The van der Waals surface area contributed by atoms with Gasteiger partial charge in [-0.2, -0.15) is 0 Å². The minimum absolute atomic E-state index is 0.0873. The molecule has 0 bridgehead atoms. The summed E-state index contributed by atoms with van der Waals surface area (Å²) >= 11 is 1.00. The largest absolute Gasteiger partial charge is 0.478 e. The van der Waals surface area contributed by atoms with Crippen LogP contribution < -0.4 is 5.32 Å². The predicted octanol–water partition coefficient (Wildman–Crippen LogP) is 5.98. The third-order valence-corrected chi connectivity index (χ3v) is 5.58. The molecule has 0 saturated heterocycles. The second-order valence-corrected chi connectivity index (χ2v) is 8.39. The van der Waals surface area contributed by atoms with Gasteiger partial charge >= 0.3 is 5.97 Å². The molecule has 1 atom stereocenters. The Bertz CT molecular complexity index is 1480. The van der Waals surface area contributed by atoms with Crippen LogP contribution in [0.15, 0.2) is 41.3 Å². The van der Waals surface area contributed by atoms with Crippen LogP contribution >= 0.6 is 11.3 Å². The van der Waals surface area contributed by atoms with Crippen molar-refractivity contribution in [2.24, 2.45) is 5.92 Å². The molecule has 5 nitrogen and oxygen atoms in total. The summed E-state index contributed by atoms with van der Waals surface area (Å²) in [6.45, 7) is 4.69. The molecule has 0 saturated carbocycles. The van der Waals surface area contributed by atoms with Gasteiger partial charge in [-0.15, -0.1) is 17.3 Å². The number of nitrogens with zero attached hydrogens (tertiary/aromatic N) is 1. The summed E-state index contributed by atoms with van der Waals surface area (Å²) in [4.78, 5) is 27.7. The Hall–Kier alpha value is -4.34. The van der Waals surface area contributed by atoms with Gasteiger partial charge in [0, 0.05) is 27.6 Å². The number of anilines is 1. The summed E-state index contributed by atoms with van der Waals surface area (Å²) in [6, 6.07) is 6.27. The second-order valence-electron chi connectivity index (χ2n) is 7.53. The fourth-order valence-corrected chi connectivity index (χ4v) is 3.73. The number of carbonyl (C=O) groups is 2. The smallest absolute Gasteiger partial charge is 0.331 e. The lowest BCUT2D eigenvalue weighted by Crippen LogP contribution is -2.13. The molecule has 36 heavy (non-hydrogen) atoms. The van der Waals surface area contributed by atoms with Crippen molar-refractivity contribution in [1.82, 2.24) is 4.98 Å². The van der Waals surface area contributed by atoms with E-state index in [1.54, 1.807) is 19.9 Å². The Morgan fingerprint density at radius 1 is 1.17 bits per heavy atom. The molecule has 0 aliphatic heterocycles. The Kier molecular flexibility index (Phi) is 8.31. The Labute approximate surface area is 209 Å². The van der Waals surface area contributed by atoms with Crippen molar-refractivity contribution in [3.63, 3.8) is 0 Å². The number of thiazole rings is 1. The van der Waals surface area contributed by atoms with Gasteiger partial charge in [0.15, 0.2) is 5.13 Å². The molecule has 0 spiro atoms. The van der Waals surface area contributed by atoms with E-state index in [1.807, 2.05) is 0 Å². The van der Waals surface area contributed by atoms with Gasteiger partial charge in [-0.05, 0) is 51.1 Å². The maximum atomic E-state index is 15.0. The summed E-state index contributed by atoms with van der Waals surface area (Å²) in [5, 5.41) is 12.9. The lowest BCUT2D eigenvalue weighted by molar-refractivity contribution is -0.132. The highest BCUT2D eigenvalue weighted by atomic mass is 32.1. The molecule has 3 aromatic rings. The molecule has 0 fully saturated rings.